The molecule has 0 aliphatic carbocycles. The molecule has 0 aromatic heterocycles. The second-order valence-corrected chi connectivity index (χ2v) is 9.86. The lowest BCUT2D eigenvalue weighted by Gasteiger charge is -2.35. The predicted molar refractivity (Wildman–Crippen MR) is 126 cm³/mol. The fourth-order valence-corrected chi connectivity index (χ4v) is 5.09. The molecule has 0 fully saturated rings. The molecule has 1 amide bonds. The minimum atomic E-state index is -3.93. The van der Waals surface area contributed by atoms with Crippen LogP contribution >= 0.6 is 0 Å². The lowest BCUT2D eigenvalue weighted by molar-refractivity contribution is -0.127. The molecule has 3 aromatic carbocycles. The van der Waals surface area contributed by atoms with Crippen molar-refractivity contribution in [1.82, 2.24) is 5.32 Å². The van der Waals surface area contributed by atoms with E-state index in [-0.39, 0.29) is 17.3 Å². The quantitative estimate of drug-likeness (QED) is 0.600. The van der Waals surface area contributed by atoms with Crippen molar-refractivity contribution >= 4 is 21.6 Å². The normalized spacial score (nSPS) is 15.4. The maximum Gasteiger partial charge on any atom is 0.264 e. The summed E-state index contributed by atoms with van der Waals surface area (Å²) >= 11 is 0. The number of ether oxygens (including phenoxy) is 2. The first-order valence-corrected chi connectivity index (χ1v) is 12.0. The van der Waals surface area contributed by atoms with Crippen molar-refractivity contribution in [2.24, 2.45) is 0 Å². The highest BCUT2D eigenvalue weighted by Crippen LogP contribution is 2.38. The molecule has 33 heavy (non-hydrogen) atoms. The lowest BCUT2D eigenvalue weighted by Crippen LogP contribution is -2.50. The molecule has 0 spiro atoms. The monoisotopic (exact) mass is 466 g/mol. The van der Waals surface area contributed by atoms with Gasteiger partial charge in [0.2, 0.25) is 0 Å². The summed E-state index contributed by atoms with van der Waals surface area (Å²) in [7, 11) is -2.42. The summed E-state index contributed by atoms with van der Waals surface area (Å²) in [6, 6.07) is 19.3. The van der Waals surface area contributed by atoms with Gasteiger partial charge in [-0.25, -0.2) is 8.42 Å². The number of methoxy groups -OCH3 is 1. The lowest BCUT2D eigenvalue weighted by atomic mass is 10.1. The van der Waals surface area contributed by atoms with Crippen LogP contribution in [0.2, 0.25) is 0 Å². The smallest absolute Gasteiger partial charge is 0.264 e. The second-order valence-electron chi connectivity index (χ2n) is 7.99. The second kappa shape index (κ2) is 9.15. The summed E-state index contributed by atoms with van der Waals surface area (Å²) in [6.07, 6.45) is -0.988. The summed E-state index contributed by atoms with van der Waals surface area (Å²) in [5.74, 6) is 0.534. The van der Waals surface area contributed by atoms with E-state index in [9.17, 15) is 13.2 Å². The van der Waals surface area contributed by atoms with Gasteiger partial charge in [-0.15, -0.1) is 0 Å². The minimum absolute atomic E-state index is 0.107. The Balaban J connectivity index is 1.61. The van der Waals surface area contributed by atoms with Crippen LogP contribution in [0.25, 0.3) is 0 Å². The van der Waals surface area contributed by atoms with Crippen molar-refractivity contribution in [1.29, 1.82) is 0 Å². The van der Waals surface area contributed by atoms with Crippen molar-refractivity contribution in [3.05, 3.63) is 83.4 Å². The molecular weight excluding hydrogens is 440 g/mol. The van der Waals surface area contributed by atoms with Gasteiger partial charge in [-0.3, -0.25) is 9.10 Å². The van der Waals surface area contributed by atoms with E-state index in [2.05, 4.69) is 5.32 Å². The molecule has 0 saturated heterocycles. The molecule has 1 N–H and O–H groups in total. The summed E-state index contributed by atoms with van der Waals surface area (Å²) in [5, 5.41) is 2.86. The highest BCUT2D eigenvalue weighted by atomic mass is 32.2. The Morgan fingerprint density at radius 1 is 1.03 bits per heavy atom. The predicted octanol–water partition coefficient (Wildman–Crippen LogP) is 3.58. The van der Waals surface area contributed by atoms with E-state index in [1.807, 2.05) is 44.2 Å². The van der Waals surface area contributed by atoms with E-state index in [1.54, 1.807) is 24.3 Å². The van der Waals surface area contributed by atoms with Gasteiger partial charge in [0.15, 0.2) is 6.10 Å². The fraction of sp³-hybridized carbons (Fsp3) is 0.240. The number of nitrogens with one attached hydrogen (secondary N) is 1. The highest BCUT2D eigenvalue weighted by Gasteiger charge is 2.37. The number of rotatable bonds is 6. The van der Waals surface area contributed by atoms with Crippen LogP contribution in [0.3, 0.4) is 0 Å². The van der Waals surface area contributed by atoms with Crippen molar-refractivity contribution in [3.63, 3.8) is 0 Å². The Morgan fingerprint density at radius 3 is 2.36 bits per heavy atom. The SMILES string of the molecule is COc1ccc(S(=O)(=O)N2C[C@@H](C(=O)NCc3ccc(C)cc3)Oc3cc(C)ccc32)cc1. The molecule has 172 valence electrons. The summed E-state index contributed by atoms with van der Waals surface area (Å²) in [4.78, 5) is 13.1. The number of fused-ring (bicyclic) bond motifs is 1. The van der Waals surface area contributed by atoms with E-state index in [1.165, 1.54) is 23.5 Å². The molecule has 0 saturated carbocycles. The van der Waals surface area contributed by atoms with Gasteiger partial charge in [0, 0.05) is 6.54 Å². The van der Waals surface area contributed by atoms with Gasteiger partial charge in [0.05, 0.1) is 24.2 Å². The molecule has 0 unspecified atom stereocenters. The van der Waals surface area contributed by atoms with Gasteiger partial charge in [-0.2, -0.15) is 0 Å². The van der Waals surface area contributed by atoms with Gasteiger partial charge >= 0.3 is 0 Å². The molecule has 1 aliphatic rings. The van der Waals surface area contributed by atoms with Crippen LogP contribution in [0.15, 0.2) is 71.6 Å². The van der Waals surface area contributed by atoms with Crippen molar-refractivity contribution in [2.75, 3.05) is 18.0 Å². The largest absolute Gasteiger partial charge is 0.497 e. The van der Waals surface area contributed by atoms with Crippen LogP contribution in [-0.4, -0.2) is 34.1 Å². The number of hydrogen-bond acceptors (Lipinski definition) is 5. The van der Waals surface area contributed by atoms with Gasteiger partial charge in [0.25, 0.3) is 15.9 Å². The van der Waals surface area contributed by atoms with Gasteiger partial charge in [-0.1, -0.05) is 35.9 Å². The number of sulfonamides is 1. The Morgan fingerprint density at radius 2 is 1.70 bits per heavy atom. The number of carbonyl (C=O) groups excluding carboxylic acids is 1. The highest BCUT2D eigenvalue weighted by molar-refractivity contribution is 7.92. The third kappa shape index (κ3) is 4.80. The van der Waals surface area contributed by atoms with Crippen molar-refractivity contribution < 1.29 is 22.7 Å². The standard InChI is InChI=1S/C25H26N2O5S/c1-17-4-7-19(8-5-17)15-26-25(28)24-16-27(22-13-6-18(2)14-23(22)32-24)33(29,30)21-11-9-20(31-3)10-12-21/h4-14,24H,15-16H2,1-3H3,(H,26,28)/t24-/m0/s1. The molecule has 0 radical (unpaired) electrons. The van der Waals surface area contributed by atoms with E-state index < -0.39 is 16.1 Å². The van der Waals surface area contributed by atoms with Crippen LogP contribution in [-0.2, 0) is 21.4 Å². The molecular formula is C25H26N2O5S. The summed E-state index contributed by atoms with van der Waals surface area (Å²) in [6.45, 7) is 4.07. The fourth-order valence-electron chi connectivity index (χ4n) is 3.61. The average Bonchev–Trinajstić information content (AvgIpc) is 2.82. The zero-order chi connectivity index (χ0) is 23.6. The zero-order valence-corrected chi connectivity index (χ0v) is 19.6. The number of aryl methyl sites for hydroxylation is 2. The number of hydrogen-bond donors (Lipinski definition) is 1. The van der Waals surface area contributed by atoms with Crippen LogP contribution in [0.1, 0.15) is 16.7 Å². The third-order valence-electron chi connectivity index (χ3n) is 5.51. The summed E-state index contributed by atoms with van der Waals surface area (Å²) < 4.78 is 39.3. The van der Waals surface area contributed by atoms with Crippen LogP contribution in [0, 0.1) is 13.8 Å². The topological polar surface area (TPSA) is 84.9 Å². The number of carbonyl (C=O) groups is 1. The Labute approximate surface area is 194 Å². The van der Waals surface area contributed by atoms with Gasteiger partial charge < -0.3 is 14.8 Å². The first-order valence-electron chi connectivity index (χ1n) is 10.6. The molecule has 0 bridgehead atoms. The number of amides is 1. The van der Waals surface area contributed by atoms with E-state index >= 15 is 0 Å². The molecule has 3 aromatic rings. The molecule has 8 heteroatoms. The Kier molecular flexibility index (Phi) is 6.29. The maximum absolute atomic E-state index is 13.5. The number of anilines is 1. The van der Waals surface area contributed by atoms with Crippen molar-refractivity contribution in [2.45, 2.75) is 31.4 Å². The Hall–Kier alpha value is -3.52. The van der Waals surface area contributed by atoms with E-state index in [0.717, 1.165) is 16.7 Å². The number of benzene rings is 3. The zero-order valence-electron chi connectivity index (χ0n) is 18.7. The first-order chi connectivity index (χ1) is 15.8. The van der Waals surface area contributed by atoms with Crippen LogP contribution < -0.4 is 19.1 Å². The first kappa shape index (κ1) is 22.7. The minimum Gasteiger partial charge on any atom is -0.497 e. The molecule has 7 nitrogen and oxygen atoms in total. The third-order valence-corrected chi connectivity index (χ3v) is 7.31. The van der Waals surface area contributed by atoms with Gasteiger partial charge in [-0.05, 0) is 61.4 Å². The number of nitrogens with zero attached hydrogens (tertiary/aromatic N) is 1. The van der Waals surface area contributed by atoms with E-state index in [4.69, 9.17) is 9.47 Å². The molecule has 1 heterocycles. The Bertz CT molecular complexity index is 1250. The van der Waals surface area contributed by atoms with Crippen LogP contribution in [0.5, 0.6) is 11.5 Å². The average molecular weight is 467 g/mol. The maximum atomic E-state index is 13.5. The van der Waals surface area contributed by atoms with Crippen molar-refractivity contribution in [3.8, 4) is 11.5 Å². The molecule has 1 aliphatic heterocycles. The summed E-state index contributed by atoms with van der Waals surface area (Å²) in [5.41, 5.74) is 3.38. The van der Waals surface area contributed by atoms with E-state index in [0.29, 0.717) is 23.7 Å². The molecule has 4 rings (SSSR count). The van der Waals surface area contributed by atoms with Crippen LogP contribution in [0.4, 0.5) is 5.69 Å². The molecule has 1 atom stereocenters. The van der Waals surface area contributed by atoms with Gasteiger partial charge in [0.1, 0.15) is 11.5 Å².